The van der Waals surface area contributed by atoms with Crippen LogP contribution < -0.4 is 5.32 Å². The standard InChI is InChI=1S/C17H22FN3/c1-12(10-13-6-8-14(18)9-7-13)20-16-4-3-5-17-15(16)11-19-21(17)2/h6-9,11-12,16,20H,3-5,10H2,1-2H3. The minimum absolute atomic E-state index is 0.174. The van der Waals surface area contributed by atoms with Crippen LogP contribution in [0, 0.1) is 5.82 Å². The Hall–Kier alpha value is -1.68. The highest BCUT2D eigenvalue weighted by atomic mass is 19.1. The first kappa shape index (κ1) is 14.3. The van der Waals surface area contributed by atoms with E-state index in [0.717, 1.165) is 19.3 Å². The molecule has 1 N–H and O–H groups in total. The first-order valence-corrected chi connectivity index (χ1v) is 7.65. The summed E-state index contributed by atoms with van der Waals surface area (Å²) in [6.07, 6.45) is 6.39. The van der Waals surface area contributed by atoms with Crippen LogP contribution in [0.5, 0.6) is 0 Å². The maximum Gasteiger partial charge on any atom is 0.123 e. The third kappa shape index (κ3) is 3.16. The SMILES string of the molecule is CC(Cc1ccc(F)cc1)NC1CCCc2c1cnn2C. The second-order valence-corrected chi connectivity index (χ2v) is 6.01. The van der Waals surface area contributed by atoms with E-state index >= 15 is 0 Å². The van der Waals surface area contributed by atoms with Gasteiger partial charge in [-0.3, -0.25) is 4.68 Å². The van der Waals surface area contributed by atoms with Crippen LogP contribution in [-0.2, 0) is 19.9 Å². The van der Waals surface area contributed by atoms with E-state index in [1.54, 1.807) is 0 Å². The number of rotatable bonds is 4. The monoisotopic (exact) mass is 287 g/mol. The number of fused-ring (bicyclic) bond motifs is 1. The molecule has 0 amide bonds. The smallest absolute Gasteiger partial charge is 0.123 e. The second-order valence-electron chi connectivity index (χ2n) is 6.01. The summed E-state index contributed by atoms with van der Waals surface area (Å²) >= 11 is 0. The number of hydrogen-bond acceptors (Lipinski definition) is 2. The summed E-state index contributed by atoms with van der Waals surface area (Å²) in [5, 5.41) is 8.09. The van der Waals surface area contributed by atoms with Crippen LogP contribution >= 0.6 is 0 Å². The minimum atomic E-state index is -0.174. The van der Waals surface area contributed by atoms with E-state index in [4.69, 9.17) is 0 Å². The topological polar surface area (TPSA) is 29.9 Å². The van der Waals surface area contributed by atoms with Gasteiger partial charge in [0.2, 0.25) is 0 Å². The van der Waals surface area contributed by atoms with Crippen molar-refractivity contribution < 1.29 is 4.39 Å². The Kier molecular flexibility index (Phi) is 4.06. The van der Waals surface area contributed by atoms with Gasteiger partial charge in [-0.1, -0.05) is 12.1 Å². The van der Waals surface area contributed by atoms with Crippen LogP contribution in [-0.4, -0.2) is 15.8 Å². The molecular formula is C17H22FN3. The average molecular weight is 287 g/mol. The lowest BCUT2D eigenvalue weighted by Gasteiger charge is -2.27. The third-order valence-electron chi connectivity index (χ3n) is 4.32. The van der Waals surface area contributed by atoms with E-state index in [1.165, 1.54) is 35.4 Å². The Labute approximate surface area is 125 Å². The highest BCUT2D eigenvalue weighted by molar-refractivity contribution is 5.25. The van der Waals surface area contributed by atoms with Gasteiger partial charge in [0.05, 0.1) is 6.20 Å². The van der Waals surface area contributed by atoms with Gasteiger partial charge >= 0.3 is 0 Å². The number of nitrogens with zero attached hydrogens (tertiary/aromatic N) is 2. The molecule has 0 spiro atoms. The van der Waals surface area contributed by atoms with E-state index in [9.17, 15) is 4.39 Å². The maximum absolute atomic E-state index is 12.9. The number of hydrogen-bond donors (Lipinski definition) is 1. The second kappa shape index (κ2) is 5.98. The van der Waals surface area contributed by atoms with Gasteiger partial charge in [-0.2, -0.15) is 5.10 Å². The fourth-order valence-electron chi connectivity index (χ4n) is 3.26. The van der Waals surface area contributed by atoms with Crippen molar-refractivity contribution in [3.8, 4) is 0 Å². The van der Waals surface area contributed by atoms with Crippen molar-refractivity contribution in [3.63, 3.8) is 0 Å². The molecule has 0 fully saturated rings. The fraction of sp³-hybridized carbons (Fsp3) is 0.471. The van der Waals surface area contributed by atoms with Gasteiger partial charge in [0.15, 0.2) is 0 Å². The zero-order chi connectivity index (χ0) is 14.8. The van der Waals surface area contributed by atoms with Crippen LogP contribution in [0.1, 0.15) is 42.6 Å². The Balaban J connectivity index is 1.65. The number of aromatic nitrogens is 2. The Bertz CT molecular complexity index is 603. The lowest BCUT2D eigenvalue weighted by molar-refractivity contribution is 0.403. The molecule has 1 aliphatic rings. The summed E-state index contributed by atoms with van der Waals surface area (Å²) in [7, 11) is 2.02. The summed E-state index contributed by atoms with van der Waals surface area (Å²) in [5.41, 5.74) is 3.86. The minimum Gasteiger partial charge on any atom is -0.307 e. The number of aryl methyl sites for hydroxylation is 1. The Morgan fingerprint density at radius 2 is 2.14 bits per heavy atom. The zero-order valence-electron chi connectivity index (χ0n) is 12.6. The number of halogens is 1. The van der Waals surface area contributed by atoms with E-state index in [2.05, 4.69) is 17.3 Å². The first-order valence-electron chi connectivity index (χ1n) is 7.65. The predicted molar refractivity (Wildman–Crippen MR) is 81.6 cm³/mol. The molecule has 2 atom stereocenters. The molecule has 1 aliphatic carbocycles. The van der Waals surface area contributed by atoms with Crippen LogP contribution in [0.4, 0.5) is 4.39 Å². The summed E-state index contributed by atoms with van der Waals surface area (Å²) in [5.74, 6) is -0.174. The van der Waals surface area contributed by atoms with Gasteiger partial charge < -0.3 is 5.32 Å². The molecule has 1 heterocycles. The van der Waals surface area contributed by atoms with Crippen LogP contribution in [0.2, 0.25) is 0 Å². The molecule has 1 aromatic heterocycles. The van der Waals surface area contributed by atoms with Gasteiger partial charge in [-0.25, -0.2) is 4.39 Å². The van der Waals surface area contributed by atoms with Crippen LogP contribution in [0.15, 0.2) is 30.5 Å². The molecule has 3 rings (SSSR count). The zero-order valence-corrected chi connectivity index (χ0v) is 12.6. The summed E-state index contributed by atoms with van der Waals surface area (Å²) in [4.78, 5) is 0. The molecule has 21 heavy (non-hydrogen) atoms. The van der Waals surface area contributed by atoms with Gasteiger partial charge in [0, 0.05) is 30.4 Å². The lowest BCUT2D eigenvalue weighted by Crippen LogP contribution is -2.34. The van der Waals surface area contributed by atoms with E-state index < -0.39 is 0 Å². The predicted octanol–water partition coefficient (Wildman–Crippen LogP) is 3.16. The molecule has 0 radical (unpaired) electrons. The quantitative estimate of drug-likeness (QED) is 0.936. The Morgan fingerprint density at radius 1 is 1.38 bits per heavy atom. The van der Waals surface area contributed by atoms with Crippen molar-refractivity contribution in [1.29, 1.82) is 0 Å². The normalized spacial score (nSPS) is 19.3. The number of nitrogens with one attached hydrogen (secondary N) is 1. The van der Waals surface area contributed by atoms with E-state index in [-0.39, 0.29) is 5.82 Å². The summed E-state index contributed by atoms with van der Waals surface area (Å²) < 4.78 is 14.9. The third-order valence-corrected chi connectivity index (χ3v) is 4.32. The molecule has 0 bridgehead atoms. The van der Waals surface area contributed by atoms with Gasteiger partial charge in [-0.15, -0.1) is 0 Å². The van der Waals surface area contributed by atoms with Crippen molar-refractivity contribution in [2.75, 3.05) is 0 Å². The highest BCUT2D eigenvalue weighted by Crippen LogP contribution is 2.29. The molecule has 4 heteroatoms. The fourth-order valence-corrected chi connectivity index (χ4v) is 3.26. The molecule has 112 valence electrons. The largest absolute Gasteiger partial charge is 0.307 e. The van der Waals surface area contributed by atoms with Crippen molar-refractivity contribution in [3.05, 3.63) is 53.1 Å². The van der Waals surface area contributed by atoms with Crippen molar-refractivity contribution in [1.82, 2.24) is 15.1 Å². The summed E-state index contributed by atoms with van der Waals surface area (Å²) in [6, 6.07) is 7.53. The van der Waals surface area contributed by atoms with E-state index in [1.807, 2.05) is 30.1 Å². The lowest BCUT2D eigenvalue weighted by atomic mass is 9.92. The molecule has 2 aromatic rings. The van der Waals surface area contributed by atoms with Crippen LogP contribution in [0.3, 0.4) is 0 Å². The van der Waals surface area contributed by atoms with Crippen molar-refractivity contribution in [2.24, 2.45) is 7.05 Å². The van der Waals surface area contributed by atoms with Crippen LogP contribution in [0.25, 0.3) is 0 Å². The van der Waals surface area contributed by atoms with Gasteiger partial charge in [0.25, 0.3) is 0 Å². The maximum atomic E-state index is 12.9. The van der Waals surface area contributed by atoms with Crippen molar-refractivity contribution in [2.45, 2.75) is 44.7 Å². The highest BCUT2D eigenvalue weighted by Gasteiger charge is 2.24. The summed E-state index contributed by atoms with van der Waals surface area (Å²) in [6.45, 7) is 2.19. The van der Waals surface area contributed by atoms with E-state index in [0.29, 0.717) is 12.1 Å². The molecule has 3 nitrogen and oxygen atoms in total. The average Bonchev–Trinajstić information content (AvgIpc) is 2.84. The molecule has 2 unspecified atom stereocenters. The van der Waals surface area contributed by atoms with Crippen molar-refractivity contribution >= 4 is 0 Å². The molecular weight excluding hydrogens is 265 g/mol. The Morgan fingerprint density at radius 3 is 2.90 bits per heavy atom. The molecule has 0 aliphatic heterocycles. The molecule has 0 saturated heterocycles. The van der Waals surface area contributed by atoms with Gasteiger partial charge in [-0.05, 0) is 50.3 Å². The first-order chi connectivity index (χ1) is 10.1. The number of benzene rings is 1. The molecule has 0 saturated carbocycles. The molecule has 1 aromatic carbocycles. The van der Waals surface area contributed by atoms with Gasteiger partial charge in [0.1, 0.15) is 5.82 Å².